The minimum absolute atomic E-state index is 0.0927. The largest absolute Gasteiger partial charge is 0.347 e. The lowest BCUT2D eigenvalue weighted by Crippen LogP contribution is -2.62. The van der Waals surface area contributed by atoms with Crippen molar-refractivity contribution in [3.05, 3.63) is 0 Å². The van der Waals surface area contributed by atoms with Crippen LogP contribution in [0.3, 0.4) is 0 Å². The van der Waals surface area contributed by atoms with Crippen LogP contribution >= 0.6 is 0 Å². The van der Waals surface area contributed by atoms with E-state index in [9.17, 15) is 14.4 Å². The van der Waals surface area contributed by atoms with Gasteiger partial charge in [0.25, 0.3) is 0 Å². The highest BCUT2D eigenvalue weighted by Crippen LogP contribution is 2.14. The number of likely N-dealkylation sites (N-methyl/N-ethyl adjacent to an activating group) is 1. The minimum atomic E-state index is -0.478. The zero-order chi connectivity index (χ0) is 14.0. The topological polar surface area (TPSA) is 81.8 Å². The monoisotopic (exact) mass is 268 g/mol. The van der Waals surface area contributed by atoms with Crippen molar-refractivity contribution in [2.75, 3.05) is 33.7 Å². The fourth-order valence-corrected chi connectivity index (χ4v) is 2.49. The van der Waals surface area contributed by atoms with Crippen molar-refractivity contribution in [1.82, 2.24) is 20.4 Å². The normalized spacial score (nSPS) is 27.1. The number of amides is 3. The zero-order valence-electron chi connectivity index (χ0n) is 11.3. The van der Waals surface area contributed by atoms with Gasteiger partial charge in [-0.2, -0.15) is 0 Å². The summed E-state index contributed by atoms with van der Waals surface area (Å²) < 4.78 is 0. The molecular formula is C12H20N4O3. The third-order valence-electron chi connectivity index (χ3n) is 3.55. The molecule has 2 aliphatic heterocycles. The van der Waals surface area contributed by atoms with E-state index in [1.165, 1.54) is 4.90 Å². The van der Waals surface area contributed by atoms with Crippen molar-refractivity contribution >= 4 is 17.7 Å². The molecule has 2 saturated heterocycles. The highest BCUT2D eigenvalue weighted by atomic mass is 16.2. The fraction of sp³-hybridized carbons (Fsp3) is 0.750. The number of piperazine rings is 1. The van der Waals surface area contributed by atoms with Crippen molar-refractivity contribution in [2.24, 2.45) is 0 Å². The second-order valence-electron chi connectivity index (χ2n) is 5.14. The number of carbonyl (C=O) groups is 3. The highest BCUT2D eigenvalue weighted by Gasteiger charge is 2.38. The van der Waals surface area contributed by atoms with Gasteiger partial charge in [0.1, 0.15) is 12.1 Å². The van der Waals surface area contributed by atoms with E-state index in [2.05, 4.69) is 10.6 Å². The summed E-state index contributed by atoms with van der Waals surface area (Å²) in [5.74, 6) is -0.332. The molecule has 2 fully saturated rings. The van der Waals surface area contributed by atoms with Crippen LogP contribution in [0.5, 0.6) is 0 Å². The van der Waals surface area contributed by atoms with E-state index >= 15 is 0 Å². The summed E-state index contributed by atoms with van der Waals surface area (Å²) in [6.45, 7) is 1.63. The van der Waals surface area contributed by atoms with Gasteiger partial charge in [-0.05, 0) is 6.42 Å². The molecule has 1 unspecified atom stereocenters. The molecule has 19 heavy (non-hydrogen) atoms. The molecule has 7 heteroatoms. The van der Waals surface area contributed by atoms with Crippen molar-refractivity contribution < 1.29 is 14.4 Å². The fourth-order valence-electron chi connectivity index (χ4n) is 2.49. The molecule has 0 spiro atoms. The third-order valence-corrected chi connectivity index (χ3v) is 3.55. The average Bonchev–Trinajstić information content (AvgIpc) is 2.83. The van der Waals surface area contributed by atoms with Crippen molar-refractivity contribution in [2.45, 2.75) is 24.9 Å². The van der Waals surface area contributed by atoms with E-state index in [1.54, 1.807) is 19.0 Å². The lowest BCUT2D eigenvalue weighted by atomic mass is 10.1. The molecule has 2 aliphatic rings. The Kier molecular flexibility index (Phi) is 4.04. The van der Waals surface area contributed by atoms with Crippen LogP contribution in [0, 0.1) is 0 Å². The molecule has 0 aromatic rings. The molecule has 2 N–H and O–H groups in total. The summed E-state index contributed by atoms with van der Waals surface area (Å²) in [6, 6.07) is -0.947. The van der Waals surface area contributed by atoms with Crippen LogP contribution in [0.15, 0.2) is 0 Å². The first kappa shape index (κ1) is 13.8. The van der Waals surface area contributed by atoms with E-state index in [0.717, 1.165) is 0 Å². The van der Waals surface area contributed by atoms with E-state index < -0.39 is 12.1 Å². The summed E-state index contributed by atoms with van der Waals surface area (Å²) >= 11 is 0. The predicted octanol–water partition coefficient (Wildman–Crippen LogP) is -1.85. The van der Waals surface area contributed by atoms with Gasteiger partial charge in [0.2, 0.25) is 17.7 Å². The van der Waals surface area contributed by atoms with Crippen molar-refractivity contribution in [1.29, 1.82) is 0 Å². The van der Waals surface area contributed by atoms with Crippen LogP contribution in [0.25, 0.3) is 0 Å². The summed E-state index contributed by atoms with van der Waals surface area (Å²) in [7, 11) is 3.36. The van der Waals surface area contributed by atoms with Gasteiger partial charge in [0.05, 0.1) is 0 Å². The van der Waals surface area contributed by atoms with Crippen LogP contribution in [-0.2, 0) is 14.4 Å². The lowest BCUT2D eigenvalue weighted by molar-refractivity contribution is -0.146. The molecule has 2 atom stereocenters. The van der Waals surface area contributed by atoms with Crippen LogP contribution in [0.4, 0.5) is 0 Å². The summed E-state index contributed by atoms with van der Waals surface area (Å²) in [6.07, 6.45) is 0.902. The van der Waals surface area contributed by atoms with Crippen LogP contribution in [-0.4, -0.2) is 73.3 Å². The molecule has 0 aromatic carbocycles. The van der Waals surface area contributed by atoms with Gasteiger partial charge in [-0.25, -0.2) is 0 Å². The number of rotatable bonds is 2. The number of hydrogen-bond donors (Lipinski definition) is 2. The van der Waals surface area contributed by atoms with Gasteiger partial charge in [-0.1, -0.05) is 0 Å². The quantitative estimate of drug-likeness (QED) is 0.616. The summed E-state index contributed by atoms with van der Waals surface area (Å²) in [4.78, 5) is 38.8. The Morgan fingerprint density at radius 1 is 1.37 bits per heavy atom. The van der Waals surface area contributed by atoms with E-state index in [1.807, 2.05) is 0 Å². The maximum Gasteiger partial charge on any atom is 0.246 e. The molecule has 0 radical (unpaired) electrons. The first-order valence-electron chi connectivity index (χ1n) is 6.52. The Morgan fingerprint density at radius 2 is 2.11 bits per heavy atom. The number of nitrogens with one attached hydrogen (secondary N) is 2. The first-order valence-corrected chi connectivity index (χ1v) is 6.52. The highest BCUT2D eigenvalue weighted by molar-refractivity contribution is 5.94. The molecular weight excluding hydrogens is 248 g/mol. The molecule has 2 rings (SSSR count). The Hall–Kier alpha value is -1.63. The number of nitrogens with zero attached hydrogens (tertiary/aromatic N) is 2. The predicted molar refractivity (Wildman–Crippen MR) is 68.2 cm³/mol. The first-order chi connectivity index (χ1) is 9.00. The number of carbonyl (C=O) groups excluding carboxylic acids is 3. The second-order valence-corrected chi connectivity index (χ2v) is 5.14. The molecule has 7 nitrogen and oxygen atoms in total. The summed E-state index contributed by atoms with van der Waals surface area (Å²) in [5, 5.41) is 5.79. The minimum Gasteiger partial charge on any atom is -0.347 e. The molecule has 0 aromatic heterocycles. The molecule has 106 valence electrons. The summed E-state index contributed by atoms with van der Waals surface area (Å²) in [5.41, 5.74) is 0. The van der Waals surface area contributed by atoms with Gasteiger partial charge >= 0.3 is 0 Å². The maximum absolute atomic E-state index is 12.4. The molecule has 3 amide bonds. The van der Waals surface area contributed by atoms with Crippen LogP contribution in [0.1, 0.15) is 12.8 Å². The zero-order valence-corrected chi connectivity index (χ0v) is 11.3. The van der Waals surface area contributed by atoms with Gasteiger partial charge in [0, 0.05) is 40.2 Å². The van der Waals surface area contributed by atoms with E-state index in [4.69, 9.17) is 0 Å². The average molecular weight is 268 g/mol. The van der Waals surface area contributed by atoms with Crippen molar-refractivity contribution in [3.8, 4) is 0 Å². The molecule has 2 heterocycles. The van der Waals surface area contributed by atoms with Crippen molar-refractivity contribution in [3.63, 3.8) is 0 Å². The smallest absolute Gasteiger partial charge is 0.246 e. The van der Waals surface area contributed by atoms with E-state index in [0.29, 0.717) is 32.5 Å². The standard InChI is InChI=1S/C12H20N4O3/c1-15(2)12(19)9-7-13-5-6-16(9)11(18)8-3-4-10(17)14-8/h8-9,13H,3-7H2,1-2H3,(H,14,17)/t8-,9?/m1/s1. The Morgan fingerprint density at radius 3 is 2.68 bits per heavy atom. The SMILES string of the molecule is CN(C)C(=O)C1CNCCN1C(=O)[C@H]1CCC(=O)N1. The second kappa shape index (κ2) is 5.56. The molecule has 0 bridgehead atoms. The lowest BCUT2D eigenvalue weighted by Gasteiger charge is -2.37. The van der Waals surface area contributed by atoms with Gasteiger partial charge < -0.3 is 20.4 Å². The van der Waals surface area contributed by atoms with Gasteiger partial charge in [0.15, 0.2) is 0 Å². The molecule has 0 saturated carbocycles. The Bertz CT molecular complexity index is 396. The van der Waals surface area contributed by atoms with Crippen LogP contribution < -0.4 is 10.6 Å². The van der Waals surface area contributed by atoms with E-state index in [-0.39, 0.29) is 17.7 Å². The number of hydrogen-bond acceptors (Lipinski definition) is 4. The maximum atomic E-state index is 12.4. The van der Waals surface area contributed by atoms with Crippen LogP contribution in [0.2, 0.25) is 0 Å². The third kappa shape index (κ3) is 2.86. The Labute approximate surface area is 112 Å². The van der Waals surface area contributed by atoms with Gasteiger partial charge in [-0.15, -0.1) is 0 Å². The van der Waals surface area contributed by atoms with Gasteiger partial charge in [-0.3, -0.25) is 14.4 Å². The molecule has 0 aliphatic carbocycles. The Balaban J connectivity index is 2.08.